The van der Waals surface area contributed by atoms with E-state index in [4.69, 9.17) is 10.5 Å². The van der Waals surface area contributed by atoms with E-state index in [9.17, 15) is 4.79 Å². The summed E-state index contributed by atoms with van der Waals surface area (Å²) in [5.41, 5.74) is 6.77. The highest BCUT2D eigenvalue weighted by molar-refractivity contribution is 9.10. The van der Waals surface area contributed by atoms with Crippen molar-refractivity contribution in [3.63, 3.8) is 0 Å². The Bertz CT molecular complexity index is 550. The number of hydrogen-bond acceptors (Lipinski definition) is 4. The summed E-state index contributed by atoms with van der Waals surface area (Å²) in [5.74, 6) is 0.00919. The van der Waals surface area contributed by atoms with Gasteiger partial charge in [-0.2, -0.15) is 0 Å². The van der Waals surface area contributed by atoms with Crippen LogP contribution in [0, 0.1) is 0 Å². The first-order valence-corrected chi connectivity index (χ1v) is 8.62. The summed E-state index contributed by atoms with van der Waals surface area (Å²) in [6.07, 6.45) is 2.32. The fourth-order valence-corrected chi connectivity index (χ4v) is 3.71. The standard InChI is InChI=1S/C16H22BrN3O2.2ClH/c17-13-3-1-2-4-14(13)20-8-7-11(10-20)19-16(21)15-6-5-12(9-18)22-15;;/h1-4,11-12,15H,5-10,18H2,(H,19,21);2*1H/t11?,12-,15+;;/m1../s1. The smallest absolute Gasteiger partial charge is 0.249 e. The molecule has 3 N–H and O–H groups in total. The second-order valence-electron chi connectivity index (χ2n) is 5.95. The Kier molecular flexibility index (Phi) is 8.81. The third-order valence-corrected chi connectivity index (χ3v) is 5.06. The number of para-hydroxylation sites is 1. The van der Waals surface area contributed by atoms with Crippen LogP contribution in [0.4, 0.5) is 5.69 Å². The van der Waals surface area contributed by atoms with Crippen LogP contribution in [0.15, 0.2) is 28.7 Å². The maximum atomic E-state index is 12.3. The molecule has 0 aliphatic carbocycles. The van der Waals surface area contributed by atoms with Crippen molar-refractivity contribution in [2.45, 2.75) is 37.5 Å². The number of carbonyl (C=O) groups is 1. The predicted molar refractivity (Wildman–Crippen MR) is 104 cm³/mol. The number of benzene rings is 1. The van der Waals surface area contributed by atoms with Gasteiger partial charge in [-0.15, -0.1) is 24.8 Å². The minimum Gasteiger partial charge on any atom is -0.368 e. The average Bonchev–Trinajstić information content (AvgIpc) is 3.16. The minimum absolute atomic E-state index is 0. The maximum absolute atomic E-state index is 12.3. The Morgan fingerprint density at radius 3 is 2.71 bits per heavy atom. The number of nitrogens with zero attached hydrogens (tertiary/aromatic N) is 1. The average molecular weight is 441 g/mol. The van der Waals surface area contributed by atoms with Gasteiger partial charge in [0.05, 0.1) is 11.8 Å². The Morgan fingerprint density at radius 1 is 1.29 bits per heavy atom. The van der Waals surface area contributed by atoms with Crippen LogP contribution < -0.4 is 16.0 Å². The van der Waals surface area contributed by atoms with Crippen LogP contribution in [-0.4, -0.2) is 43.8 Å². The summed E-state index contributed by atoms with van der Waals surface area (Å²) in [4.78, 5) is 14.6. The van der Waals surface area contributed by atoms with E-state index in [2.05, 4.69) is 32.2 Å². The first-order valence-electron chi connectivity index (χ1n) is 7.82. The van der Waals surface area contributed by atoms with E-state index in [1.807, 2.05) is 18.2 Å². The molecule has 2 heterocycles. The molecule has 0 spiro atoms. The lowest BCUT2D eigenvalue weighted by Gasteiger charge is -2.21. The molecular formula is C16H24BrCl2N3O2. The molecule has 136 valence electrons. The fraction of sp³-hybridized carbons (Fsp3) is 0.562. The lowest BCUT2D eigenvalue weighted by Crippen LogP contribution is -2.43. The third kappa shape index (κ3) is 4.99. The van der Waals surface area contributed by atoms with E-state index in [0.717, 1.165) is 36.8 Å². The molecule has 8 heteroatoms. The van der Waals surface area contributed by atoms with Gasteiger partial charge in [0, 0.05) is 30.1 Å². The van der Waals surface area contributed by atoms with Crippen molar-refractivity contribution in [2.24, 2.45) is 5.73 Å². The van der Waals surface area contributed by atoms with Crippen molar-refractivity contribution >= 4 is 52.3 Å². The molecule has 1 amide bonds. The number of hydrogen-bond donors (Lipinski definition) is 2. The van der Waals surface area contributed by atoms with Gasteiger partial charge in [0.25, 0.3) is 0 Å². The van der Waals surface area contributed by atoms with Gasteiger partial charge < -0.3 is 20.7 Å². The van der Waals surface area contributed by atoms with E-state index >= 15 is 0 Å². The third-order valence-electron chi connectivity index (χ3n) is 4.39. The van der Waals surface area contributed by atoms with Crippen molar-refractivity contribution in [1.82, 2.24) is 5.32 Å². The fourth-order valence-electron chi connectivity index (χ4n) is 3.17. The van der Waals surface area contributed by atoms with Crippen molar-refractivity contribution in [2.75, 3.05) is 24.5 Å². The molecule has 2 fully saturated rings. The minimum atomic E-state index is -0.328. The zero-order valence-corrected chi connectivity index (χ0v) is 16.5. The summed E-state index contributed by atoms with van der Waals surface area (Å²) >= 11 is 3.58. The van der Waals surface area contributed by atoms with Gasteiger partial charge in [0.15, 0.2) is 0 Å². The van der Waals surface area contributed by atoms with Crippen molar-refractivity contribution < 1.29 is 9.53 Å². The van der Waals surface area contributed by atoms with E-state index in [1.54, 1.807) is 0 Å². The quantitative estimate of drug-likeness (QED) is 0.754. The lowest BCUT2D eigenvalue weighted by atomic mass is 10.1. The zero-order chi connectivity index (χ0) is 15.5. The van der Waals surface area contributed by atoms with Crippen molar-refractivity contribution in [1.29, 1.82) is 0 Å². The summed E-state index contributed by atoms with van der Waals surface area (Å²) in [5, 5.41) is 3.12. The highest BCUT2D eigenvalue weighted by Crippen LogP contribution is 2.28. The van der Waals surface area contributed by atoms with E-state index in [0.29, 0.717) is 6.54 Å². The number of nitrogens with two attached hydrogens (primary N) is 1. The van der Waals surface area contributed by atoms with Gasteiger partial charge in [0.1, 0.15) is 6.10 Å². The molecule has 0 radical (unpaired) electrons. The predicted octanol–water partition coefficient (Wildman–Crippen LogP) is 2.49. The Labute approximate surface area is 163 Å². The molecule has 24 heavy (non-hydrogen) atoms. The number of amides is 1. The van der Waals surface area contributed by atoms with Crippen molar-refractivity contribution in [3.05, 3.63) is 28.7 Å². The second-order valence-corrected chi connectivity index (χ2v) is 6.81. The molecular weight excluding hydrogens is 417 g/mol. The molecule has 5 nitrogen and oxygen atoms in total. The SMILES string of the molecule is Cl.Cl.NC[C@H]1CC[C@@H](C(=O)NC2CCN(c3ccccc3Br)C2)O1. The molecule has 0 aromatic heterocycles. The van der Waals surface area contributed by atoms with Gasteiger partial charge in [-0.05, 0) is 47.3 Å². The molecule has 0 saturated carbocycles. The van der Waals surface area contributed by atoms with Gasteiger partial charge in [-0.25, -0.2) is 0 Å². The van der Waals surface area contributed by atoms with Crippen LogP contribution in [-0.2, 0) is 9.53 Å². The van der Waals surface area contributed by atoms with Crippen LogP contribution in [0.2, 0.25) is 0 Å². The van der Waals surface area contributed by atoms with Crippen LogP contribution in [0.3, 0.4) is 0 Å². The van der Waals surface area contributed by atoms with Gasteiger partial charge in [-0.3, -0.25) is 4.79 Å². The summed E-state index contributed by atoms with van der Waals surface area (Å²) in [6.45, 7) is 2.27. The molecule has 1 aromatic rings. The number of halogens is 3. The van der Waals surface area contributed by atoms with Crippen molar-refractivity contribution in [3.8, 4) is 0 Å². The normalized spacial score (nSPS) is 25.8. The molecule has 1 aromatic carbocycles. The van der Waals surface area contributed by atoms with E-state index in [1.165, 1.54) is 5.69 Å². The first kappa shape index (κ1) is 21.5. The number of nitrogens with one attached hydrogen (secondary N) is 1. The molecule has 1 unspecified atom stereocenters. The monoisotopic (exact) mass is 439 g/mol. The Hall–Kier alpha value is -0.530. The van der Waals surface area contributed by atoms with E-state index in [-0.39, 0.29) is 49.0 Å². The number of carbonyl (C=O) groups excluding carboxylic acids is 1. The Balaban J connectivity index is 0.00000144. The molecule has 0 bridgehead atoms. The largest absolute Gasteiger partial charge is 0.368 e. The zero-order valence-electron chi connectivity index (χ0n) is 13.3. The van der Waals surface area contributed by atoms with Crippen LogP contribution in [0.1, 0.15) is 19.3 Å². The summed E-state index contributed by atoms with van der Waals surface area (Å²) in [7, 11) is 0. The first-order chi connectivity index (χ1) is 10.7. The maximum Gasteiger partial charge on any atom is 0.249 e. The Morgan fingerprint density at radius 2 is 2.04 bits per heavy atom. The summed E-state index contributed by atoms with van der Waals surface area (Å²) < 4.78 is 6.74. The number of rotatable bonds is 4. The number of anilines is 1. The topological polar surface area (TPSA) is 67.6 Å². The summed E-state index contributed by atoms with van der Waals surface area (Å²) in [6, 6.07) is 8.36. The highest BCUT2D eigenvalue weighted by Gasteiger charge is 2.32. The molecule has 2 saturated heterocycles. The molecule has 2 aliphatic rings. The second kappa shape index (κ2) is 9.82. The highest BCUT2D eigenvalue weighted by atomic mass is 79.9. The lowest BCUT2D eigenvalue weighted by molar-refractivity contribution is -0.132. The number of ether oxygens (including phenoxy) is 1. The van der Waals surface area contributed by atoms with Crippen LogP contribution in [0.5, 0.6) is 0 Å². The van der Waals surface area contributed by atoms with Gasteiger partial charge >= 0.3 is 0 Å². The van der Waals surface area contributed by atoms with Gasteiger partial charge in [-0.1, -0.05) is 12.1 Å². The van der Waals surface area contributed by atoms with Gasteiger partial charge in [0.2, 0.25) is 5.91 Å². The molecule has 3 rings (SSSR count). The molecule has 3 atom stereocenters. The molecule has 2 aliphatic heterocycles. The van der Waals surface area contributed by atoms with Crippen LogP contribution >= 0.6 is 40.7 Å². The van der Waals surface area contributed by atoms with Crippen LogP contribution in [0.25, 0.3) is 0 Å². The van der Waals surface area contributed by atoms with E-state index < -0.39 is 0 Å².